The van der Waals surface area contributed by atoms with Crippen molar-refractivity contribution in [1.82, 2.24) is 19.7 Å². The Hall–Kier alpha value is -3.98. The van der Waals surface area contributed by atoms with E-state index in [1.165, 1.54) is 16.0 Å². The Labute approximate surface area is 220 Å². The number of hydrogen-bond acceptors (Lipinski definition) is 7. The molecule has 1 aliphatic heterocycles. The number of nitrogens with zero attached hydrogens (tertiary/aromatic N) is 6. The zero-order chi connectivity index (χ0) is 25.8. The summed E-state index contributed by atoms with van der Waals surface area (Å²) in [7, 11) is 1.94. The molecule has 3 aromatic heterocycles. The molecule has 0 atom stereocenters. The predicted molar refractivity (Wildman–Crippen MR) is 148 cm³/mol. The molecule has 0 bridgehead atoms. The number of amides is 1. The van der Waals surface area contributed by atoms with Gasteiger partial charge in [-0.15, -0.1) is 11.3 Å². The molecule has 1 aliphatic rings. The van der Waals surface area contributed by atoms with E-state index in [0.717, 1.165) is 26.8 Å². The molecule has 4 aromatic rings. The number of carbonyl (C=O) groups is 1. The van der Waals surface area contributed by atoms with Crippen LogP contribution in [-0.2, 0) is 6.42 Å². The number of pyridine rings is 1. The molecule has 0 unspecified atom stereocenters. The number of aryl methyl sites for hydroxylation is 1. The van der Waals surface area contributed by atoms with Crippen molar-refractivity contribution >= 4 is 28.6 Å². The Morgan fingerprint density at radius 2 is 1.76 bits per heavy atom. The first-order valence-corrected chi connectivity index (χ1v) is 13.2. The largest absolute Gasteiger partial charge is 0.368 e. The topological polar surface area (TPSA) is 74.6 Å². The molecule has 9 heteroatoms. The predicted octanol–water partition coefficient (Wildman–Crippen LogP) is 3.64. The molecule has 0 saturated carbocycles. The molecule has 5 rings (SSSR count). The van der Waals surface area contributed by atoms with E-state index in [0.29, 0.717) is 44.8 Å². The molecular weight excluding hydrogens is 484 g/mol. The highest BCUT2D eigenvalue weighted by atomic mass is 32.1. The maximum Gasteiger partial charge on any atom is 0.297 e. The van der Waals surface area contributed by atoms with E-state index in [9.17, 15) is 9.59 Å². The molecule has 1 aromatic carbocycles. The SMILES string of the molecule is Cc1ccc(C(=O)N2CCN(c3cnn(-c4ccccc4)c(=O)c3N(C)CCc3ccccn3)CC2)s1. The van der Waals surface area contributed by atoms with E-state index in [1.807, 2.05) is 84.4 Å². The molecule has 37 heavy (non-hydrogen) atoms. The Morgan fingerprint density at radius 3 is 2.43 bits per heavy atom. The lowest BCUT2D eigenvalue weighted by molar-refractivity contribution is 0.0751. The second-order valence-corrected chi connectivity index (χ2v) is 10.4. The van der Waals surface area contributed by atoms with Gasteiger partial charge >= 0.3 is 0 Å². The van der Waals surface area contributed by atoms with Gasteiger partial charge in [-0.1, -0.05) is 24.3 Å². The summed E-state index contributed by atoms with van der Waals surface area (Å²) < 4.78 is 1.45. The van der Waals surface area contributed by atoms with Gasteiger partial charge in [-0.25, -0.2) is 0 Å². The van der Waals surface area contributed by atoms with E-state index in [4.69, 9.17) is 0 Å². The highest BCUT2D eigenvalue weighted by molar-refractivity contribution is 7.13. The van der Waals surface area contributed by atoms with Crippen LogP contribution in [0.25, 0.3) is 5.69 Å². The van der Waals surface area contributed by atoms with Crippen LogP contribution < -0.4 is 15.4 Å². The lowest BCUT2D eigenvalue weighted by Gasteiger charge is -2.37. The number of aromatic nitrogens is 3. The average molecular weight is 515 g/mol. The van der Waals surface area contributed by atoms with Crippen LogP contribution in [0.3, 0.4) is 0 Å². The first kappa shape index (κ1) is 24.7. The first-order chi connectivity index (χ1) is 18.0. The van der Waals surface area contributed by atoms with Gasteiger partial charge in [0.2, 0.25) is 0 Å². The minimum Gasteiger partial charge on any atom is -0.368 e. The van der Waals surface area contributed by atoms with Crippen molar-refractivity contribution in [2.45, 2.75) is 13.3 Å². The standard InChI is InChI=1S/C28H30N6O2S/c1-21-11-12-25(37-21)27(35)33-18-16-32(17-19-33)24-20-30-34(23-9-4-3-5-10-23)28(36)26(24)31(2)15-13-22-8-6-7-14-29-22/h3-12,14,20H,13,15-19H2,1-2H3. The van der Waals surface area contributed by atoms with Gasteiger partial charge in [-0.3, -0.25) is 14.6 Å². The van der Waals surface area contributed by atoms with E-state index in [-0.39, 0.29) is 11.5 Å². The molecule has 4 heterocycles. The van der Waals surface area contributed by atoms with E-state index in [1.54, 1.807) is 12.4 Å². The van der Waals surface area contributed by atoms with Crippen LogP contribution in [0.5, 0.6) is 0 Å². The smallest absolute Gasteiger partial charge is 0.297 e. The number of carbonyl (C=O) groups excluding carboxylic acids is 1. The maximum absolute atomic E-state index is 13.8. The van der Waals surface area contributed by atoms with Crippen molar-refractivity contribution < 1.29 is 4.79 Å². The van der Waals surface area contributed by atoms with Crippen molar-refractivity contribution in [2.75, 3.05) is 49.6 Å². The van der Waals surface area contributed by atoms with Crippen LogP contribution in [0.2, 0.25) is 0 Å². The molecule has 1 saturated heterocycles. The molecule has 1 amide bonds. The molecule has 0 aliphatic carbocycles. The van der Waals surface area contributed by atoms with E-state index < -0.39 is 0 Å². The van der Waals surface area contributed by atoms with E-state index >= 15 is 0 Å². The average Bonchev–Trinajstić information content (AvgIpc) is 3.38. The first-order valence-electron chi connectivity index (χ1n) is 12.4. The number of piperazine rings is 1. The number of para-hydroxylation sites is 1. The maximum atomic E-state index is 13.8. The minimum atomic E-state index is -0.167. The normalized spacial score (nSPS) is 13.6. The van der Waals surface area contributed by atoms with Gasteiger partial charge in [0, 0.05) is 63.0 Å². The van der Waals surface area contributed by atoms with Crippen LogP contribution in [0.15, 0.2) is 77.9 Å². The van der Waals surface area contributed by atoms with Gasteiger partial charge in [-0.2, -0.15) is 9.78 Å². The van der Waals surface area contributed by atoms with Crippen LogP contribution in [0, 0.1) is 6.92 Å². The molecule has 0 N–H and O–H groups in total. The third-order valence-corrected chi connectivity index (χ3v) is 7.59. The van der Waals surface area contributed by atoms with Crippen molar-refractivity contribution in [3.8, 4) is 5.69 Å². The van der Waals surface area contributed by atoms with Gasteiger partial charge in [0.1, 0.15) is 5.69 Å². The number of thiophene rings is 1. The summed E-state index contributed by atoms with van der Waals surface area (Å²) in [6.45, 7) is 5.09. The summed E-state index contributed by atoms with van der Waals surface area (Å²) in [4.78, 5) is 39.1. The molecule has 0 spiro atoms. The van der Waals surface area contributed by atoms with Crippen molar-refractivity contribution in [3.63, 3.8) is 0 Å². The number of anilines is 2. The molecule has 0 radical (unpaired) electrons. The fourth-order valence-electron chi connectivity index (χ4n) is 4.58. The molecule has 190 valence electrons. The summed E-state index contributed by atoms with van der Waals surface area (Å²) in [6.07, 6.45) is 4.28. The summed E-state index contributed by atoms with van der Waals surface area (Å²) in [5.74, 6) is 0.0723. The molecular formula is C28H30N6O2S. The van der Waals surface area contributed by atoms with Crippen molar-refractivity contribution in [2.24, 2.45) is 0 Å². The number of hydrogen-bond donors (Lipinski definition) is 0. The molecule has 8 nitrogen and oxygen atoms in total. The number of likely N-dealkylation sites (N-methyl/N-ethyl adjacent to an activating group) is 1. The minimum absolute atomic E-state index is 0.0723. The number of rotatable bonds is 7. The summed E-state index contributed by atoms with van der Waals surface area (Å²) in [5.41, 5.74) is 2.92. The number of benzene rings is 1. The fraction of sp³-hybridized carbons (Fsp3) is 0.286. The zero-order valence-corrected chi connectivity index (χ0v) is 21.9. The summed E-state index contributed by atoms with van der Waals surface area (Å²) in [5, 5.41) is 4.53. The van der Waals surface area contributed by atoms with Gasteiger partial charge < -0.3 is 14.7 Å². The third-order valence-electron chi connectivity index (χ3n) is 6.60. The molecule has 1 fully saturated rings. The van der Waals surface area contributed by atoms with Crippen LogP contribution in [0.4, 0.5) is 11.4 Å². The Kier molecular flexibility index (Phi) is 7.32. The second kappa shape index (κ2) is 11.0. The van der Waals surface area contributed by atoms with Crippen LogP contribution in [0.1, 0.15) is 20.2 Å². The van der Waals surface area contributed by atoms with Crippen molar-refractivity contribution in [3.05, 3.63) is 98.9 Å². The van der Waals surface area contributed by atoms with E-state index in [2.05, 4.69) is 15.0 Å². The highest BCUT2D eigenvalue weighted by Crippen LogP contribution is 2.27. The van der Waals surface area contributed by atoms with Gasteiger partial charge in [0.25, 0.3) is 11.5 Å². The lowest BCUT2D eigenvalue weighted by atomic mass is 10.2. The Morgan fingerprint density at radius 1 is 1.00 bits per heavy atom. The van der Waals surface area contributed by atoms with Gasteiger partial charge in [-0.05, 0) is 43.3 Å². The van der Waals surface area contributed by atoms with Crippen LogP contribution in [-0.4, -0.2) is 65.3 Å². The fourth-order valence-corrected chi connectivity index (χ4v) is 5.41. The highest BCUT2D eigenvalue weighted by Gasteiger charge is 2.27. The monoisotopic (exact) mass is 514 g/mol. The van der Waals surface area contributed by atoms with Crippen molar-refractivity contribution in [1.29, 1.82) is 0 Å². The van der Waals surface area contributed by atoms with Gasteiger partial charge in [0.15, 0.2) is 0 Å². The zero-order valence-electron chi connectivity index (χ0n) is 21.1. The Balaban J connectivity index is 1.40. The lowest BCUT2D eigenvalue weighted by Crippen LogP contribution is -2.49. The van der Waals surface area contributed by atoms with Gasteiger partial charge in [0.05, 0.1) is 22.4 Å². The summed E-state index contributed by atoms with van der Waals surface area (Å²) >= 11 is 1.53. The Bertz CT molecular complexity index is 1410. The summed E-state index contributed by atoms with van der Waals surface area (Å²) in [6, 6.07) is 19.2. The second-order valence-electron chi connectivity index (χ2n) is 9.11. The van der Waals surface area contributed by atoms with Crippen LogP contribution >= 0.6 is 11.3 Å². The third kappa shape index (κ3) is 5.41. The quantitative estimate of drug-likeness (QED) is 0.375.